The van der Waals surface area contributed by atoms with Crippen LogP contribution in [0.5, 0.6) is 0 Å². The summed E-state index contributed by atoms with van der Waals surface area (Å²) >= 11 is 0. The molecule has 0 aliphatic heterocycles. The molecule has 1 aliphatic rings. The van der Waals surface area contributed by atoms with E-state index >= 15 is 0 Å². The molecule has 0 spiro atoms. The molecule has 0 aromatic rings. The lowest BCUT2D eigenvalue weighted by atomic mass is 9.87. The highest BCUT2D eigenvalue weighted by atomic mass is 19.4. The fraction of sp³-hybridized carbons (Fsp3) is 0.900. The quantitative estimate of drug-likeness (QED) is 0.783. The van der Waals surface area contributed by atoms with E-state index in [2.05, 4.69) is 0 Å². The highest BCUT2D eigenvalue weighted by Crippen LogP contribution is 2.25. The average Bonchev–Trinajstić information content (AvgIpc) is 2.18. The molecule has 15 heavy (non-hydrogen) atoms. The van der Waals surface area contributed by atoms with Crippen LogP contribution in [0.1, 0.15) is 38.5 Å². The molecular weight excluding hydrogens is 207 g/mol. The predicted octanol–water partition coefficient (Wildman–Crippen LogP) is 2.64. The molecule has 1 amide bonds. The van der Waals surface area contributed by atoms with Crippen molar-refractivity contribution in [2.45, 2.75) is 44.7 Å². The van der Waals surface area contributed by atoms with Crippen molar-refractivity contribution in [2.24, 2.45) is 5.92 Å². The zero-order chi connectivity index (χ0) is 11.3. The minimum atomic E-state index is -4.74. The van der Waals surface area contributed by atoms with Crippen molar-refractivity contribution in [3.8, 4) is 0 Å². The number of nitrogens with one attached hydrogen (secondary N) is 1. The fourth-order valence-corrected chi connectivity index (χ4v) is 1.97. The maximum Gasteiger partial charge on any atom is 0.471 e. The standard InChI is InChI=1S/C10H16F3NO/c11-10(12,13)9(15)14-7-6-8-4-2-1-3-5-8/h8H,1-7H2,(H,14,15). The Bertz CT molecular complexity index is 209. The number of halogens is 3. The van der Waals surface area contributed by atoms with Gasteiger partial charge in [-0.2, -0.15) is 13.2 Å². The van der Waals surface area contributed by atoms with Gasteiger partial charge in [0.05, 0.1) is 0 Å². The number of carbonyl (C=O) groups excluding carboxylic acids is 1. The topological polar surface area (TPSA) is 29.1 Å². The molecule has 0 saturated heterocycles. The van der Waals surface area contributed by atoms with Gasteiger partial charge in [-0.15, -0.1) is 0 Å². The van der Waals surface area contributed by atoms with E-state index in [1.807, 2.05) is 5.32 Å². The largest absolute Gasteiger partial charge is 0.471 e. The summed E-state index contributed by atoms with van der Waals surface area (Å²) in [4.78, 5) is 10.5. The van der Waals surface area contributed by atoms with Crippen molar-refractivity contribution in [1.29, 1.82) is 0 Å². The third kappa shape index (κ3) is 4.53. The second-order valence-electron chi connectivity index (χ2n) is 4.05. The molecule has 0 aromatic heterocycles. The van der Waals surface area contributed by atoms with Gasteiger partial charge in [0.25, 0.3) is 0 Å². The molecule has 1 aliphatic carbocycles. The van der Waals surface area contributed by atoms with Crippen molar-refractivity contribution >= 4 is 5.91 Å². The summed E-state index contributed by atoms with van der Waals surface area (Å²) in [7, 11) is 0. The normalized spacial score (nSPS) is 18.9. The maximum absolute atomic E-state index is 11.8. The van der Waals surface area contributed by atoms with Gasteiger partial charge >= 0.3 is 12.1 Å². The van der Waals surface area contributed by atoms with Gasteiger partial charge in [0.1, 0.15) is 0 Å². The van der Waals surface area contributed by atoms with Crippen molar-refractivity contribution < 1.29 is 18.0 Å². The summed E-state index contributed by atoms with van der Waals surface area (Å²) in [6.07, 6.45) is 1.65. The predicted molar refractivity (Wildman–Crippen MR) is 50.3 cm³/mol. The molecular formula is C10H16F3NO. The zero-order valence-electron chi connectivity index (χ0n) is 8.57. The fourth-order valence-electron chi connectivity index (χ4n) is 1.97. The summed E-state index contributed by atoms with van der Waals surface area (Å²) in [6, 6.07) is 0. The van der Waals surface area contributed by atoms with Crippen molar-refractivity contribution in [2.75, 3.05) is 6.54 Å². The van der Waals surface area contributed by atoms with Gasteiger partial charge in [0.2, 0.25) is 0 Å². The lowest BCUT2D eigenvalue weighted by molar-refractivity contribution is -0.173. The van der Waals surface area contributed by atoms with Crippen LogP contribution in [0.15, 0.2) is 0 Å². The van der Waals surface area contributed by atoms with Gasteiger partial charge in [0.15, 0.2) is 0 Å². The third-order valence-electron chi connectivity index (χ3n) is 2.82. The average molecular weight is 223 g/mol. The molecule has 2 nitrogen and oxygen atoms in total. The first-order valence-electron chi connectivity index (χ1n) is 5.35. The van der Waals surface area contributed by atoms with E-state index in [4.69, 9.17) is 0 Å². The first-order valence-corrected chi connectivity index (χ1v) is 5.35. The number of hydrogen-bond acceptors (Lipinski definition) is 1. The van der Waals surface area contributed by atoms with Crippen LogP contribution in [0, 0.1) is 5.92 Å². The van der Waals surface area contributed by atoms with Crippen LogP contribution in [0.2, 0.25) is 0 Å². The molecule has 0 aromatic carbocycles. The van der Waals surface area contributed by atoms with Gasteiger partial charge in [-0.25, -0.2) is 0 Å². The Labute approximate surface area is 87.2 Å². The SMILES string of the molecule is O=C(NCCC1CCCCC1)C(F)(F)F. The van der Waals surface area contributed by atoms with E-state index < -0.39 is 12.1 Å². The minimum absolute atomic E-state index is 0.142. The second kappa shape index (κ2) is 5.37. The molecule has 0 heterocycles. The third-order valence-corrected chi connectivity index (χ3v) is 2.82. The van der Waals surface area contributed by atoms with Crippen LogP contribution < -0.4 is 5.32 Å². The van der Waals surface area contributed by atoms with E-state index in [-0.39, 0.29) is 6.54 Å². The summed E-state index contributed by atoms with van der Waals surface area (Å²) < 4.78 is 35.4. The van der Waals surface area contributed by atoms with E-state index in [0.29, 0.717) is 12.3 Å². The number of amides is 1. The zero-order valence-corrected chi connectivity index (χ0v) is 8.57. The maximum atomic E-state index is 11.8. The van der Waals surface area contributed by atoms with Crippen molar-refractivity contribution in [1.82, 2.24) is 5.32 Å². The smallest absolute Gasteiger partial charge is 0.348 e. The van der Waals surface area contributed by atoms with E-state index in [9.17, 15) is 18.0 Å². The van der Waals surface area contributed by atoms with Gasteiger partial charge < -0.3 is 5.32 Å². The Morgan fingerprint density at radius 2 is 1.80 bits per heavy atom. The Morgan fingerprint density at radius 1 is 1.20 bits per heavy atom. The molecule has 1 N–H and O–H groups in total. The van der Waals surface area contributed by atoms with Crippen LogP contribution in [-0.2, 0) is 4.79 Å². The molecule has 1 fully saturated rings. The minimum Gasteiger partial charge on any atom is -0.348 e. The van der Waals surface area contributed by atoms with Crippen LogP contribution in [0.3, 0.4) is 0 Å². The number of rotatable bonds is 3. The molecule has 5 heteroatoms. The highest BCUT2D eigenvalue weighted by Gasteiger charge is 2.38. The van der Waals surface area contributed by atoms with Gasteiger partial charge in [-0.05, 0) is 12.3 Å². The van der Waals surface area contributed by atoms with E-state index in [1.54, 1.807) is 0 Å². The highest BCUT2D eigenvalue weighted by molar-refractivity contribution is 5.81. The molecule has 88 valence electrons. The molecule has 1 saturated carbocycles. The van der Waals surface area contributed by atoms with Crippen molar-refractivity contribution in [3.05, 3.63) is 0 Å². The van der Waals surface area contributed by atoms with E-state index in [0.717, 1.165) is 25.7 Å². The number of alkyl halides is 3. The number of carbonyl (C=O) groups is 1. The lowest BCUT2D eigenvalue weighted by Crippen LogP contribution is -2.37. The Kier molecular flexibility index (Phi) is 4.42. The number of hydrogen-bond donors (Lipinski definition) is 1. The molecule has 0 atom stereocenters. The summed E-state index contributed by atoms with van der Waals surface area (Å²) in [5, 5.41) is 1.91. The van der Waals surface area contributed by atoms with Crippen LogP contribution in [0.4, 0.5) is 13.2 Å². The van der Waals surface area contributed by atoms with Crippen LogP contribution in [-0.4, -0.2) is 18.6 Å². The second-order valence-corrected chi connectivity index (χ2v) is 4.05. The first kappa shape index (κ1) is 12.3. The molecule has 0 radical (unpaired) electrons. The Hall–Kier alpha value is -0.740. The summed E-state index contributed by atoms with van der Waals surface area (Å²) in [6.45, 7) is 0.142. The van der Waals surface area contributed by atoms with Gasteiger partial charge in [-0.3, -0.25) is 4.79 Å². The van der Waals surface area contributed by atoms with Crippen molar-refractivity contribution in [3.63, 3.8) is 0 Å². The lowest BCUT2D eigenvalue weighted by Gasteiger charge is -2.21. The summed E-state index contributed by atoms with van der Waals surface area (Å²) in [5.41, 5.74) is 0. The van der Waals surface area contributed by atoms with Crippen LogP contribution in [0.25, 0.3) is 0 Å². The van der Waals surface area contributed by atoms with E-state index in [1.165, 1.54) is 6.42 Å². The van der Waals surface area contributed by atoms with Crippen LogP contribution >= 0.6 is 0 Å². The Balaban J connectivity index is 2.12. The van der Waals surface area contributed by atoms with Gasteiger partial charge in [-0.1, -0.05) is 32.1 Å². The summed E-state index contributed by atoms with van der Waals surface area (Å²) in [5.74, 6) is -1.33. The molecule has 1 rings (SSSR count). The first-order chi connectivity index (χ1) is 7.00. The molecule has 0 bridgehead atoms. The monoisotopic (exact) mass is 223 g/mol. The van der Waals surface area contributed by atoms with Gasteiger partial charge in [0, 0.05) is 6.54 Å². The molecule has 0 unspecified atom stereocenters. The Morgan fingerprint density at radius 3 is 2.33 bits per heavy atom.